The number of alkyl carbamates (subject to hydrolysis) is 1. The van der Waals surface area contributed by atoms with Crippen LogP contribution in [0.2, 0.25) is 5.02 Å². The maximum absolute atomic E-state index is 12.0. The van der Waals surface area contributed by atoms with E-state index >= 15 is 0 Å². The van der Waals surface area contributed by atoms with Gasteiger partial charge in [0.25, 0.3) is 0 Å². The average Bonchev–Trinajstić information content (AvgIpc) is 2.53. The van der Waals surface area contributed by atoms with E-state index in [1.165, 1.54) is 0 Å². The Bertz CT molecular complexity index is 797. The van der Waals surface area contributed by atoms with Crippen LogP contribution in [0.25, 0.3) is 11.1 Å². The number of benzene rings is 2. The SMILES string of the molecule is CC(C)(C)OC(=O)N[C@@H](CC(=O)O)Cc1ccc(-c2cccc(Cl)c2)cc1. The van der Waals surface area contributed by atoms with Crippen LogP contribution in [0, 0.1) is 0 Å². The molecule has 0 radical (unpaired) electrons. The van der Waals surface area contributed by atoms with Crippen molar-refractivity contribution >= 4 is 23.7 Å². The molecule has 2 aromatic rings. The molecule has 0 bridgehead atoms. The van der Waals surface area contributed by atoms with Crippen LogP contribution in [0.3, 0.4) is 0 Å². The maximum Gasteiger partial charge on any atom is 0.407 e. The number of carbonyl (C=O) groups is 2. The first-order valence-corrected chi connectivity index (χ1v) is 9.06. The van der Waals surface area contributed by atoms with E-state index in [9.17, 15) is 9.59 Å². The minimum absolute atomic E-state index is 0.185. The molecule has 6 heteroatoms. The molecule has 5 nitrogen and oxygen atoms in total. The molecule has 0 aliphatic rings. The van der Waals surface area contributed by atoms with Crippen LogP contribution in [0.5, 0.6) is 0 Å². The van der Waals surface area contributed by atoms with E-state index in [-0.39, 0.29) is 6.42 Å². The summed E-state index contributed by atoms with van der Waals surface area (Å²) in [6, 6.07) is 14.7. The van der Waals surface area contributed by atoms with Gasteiger partial charge in [-0.2, -0.15) is 0 Å². The average molecular weight is 390 g/mol. The highest BCUT2D eigenvalue weighted by Crippen LogP contribution is 2.23. The molecule has 2 aromatic carbocycles. The second-order valence-electron chi connectivity index (χ2n) is 7.35. The summed E-state index contributed by atoms with van der Waals surface area (Å²) < 4.78 is 5.22. The number of aliphatic carboxylic acids is 1. The normalized spacial score (nSPS) is 12.3. The Labute approximate surface area is 164 Å². The summed E-state index contributed by atoms with van der Waals surface area (Å²) in [5.41, 5.74) is 2.29. The van der Waals surface area contributed by atoms with Crippen LogP contribution in [0.1, 0.15) is 32.8 Å². The van der Waals surface area contributed by atoms with Crippen LogP contribution < -0.4 is 5.32 Å². The number of hydrogen-bond donors (Lipinski definition) is 2. The van der Waals surface area contributed by atoms with Gasteiger partial charge in [-0.15, -0.1) is 0 Å². The van der Waals surface area contributed by atoms with Crippen LogP contribution >= 0.6 is 11.6 Å². The molecular weight excluding hydrogens is 366 g/mol. The maximum atomic E-state index is 12.0. The Kier molecular flexibility index (Phi) is 6.86. The zero-order chi connectivity index (χ0) is 20.0. The van der Waals surface area contributed by atoms with Gasteiger partial charge in [-0.1, -0.05) is 48.0 Å². The van der Waals surface area contributed by atoms with Crippen LogP contribution in [0.15, 0.2) is 48.5 Å². The van der Waals surface area contributed by atoms with Crippen molar-refractivity contribution in [2.24, 2.45) is 0 Å². The van der Waals surface area contributed by atoms with Gasteiger partial charge in [-0.05, 0) is 56.0 Å². The summed E-state index contributed by atoms with van der Waals surface area (Å²) in [4.78, 5) is 23.1. The summed E-state index contributed by atoms with van der Waals surface area (Å²) in [5, 5.41) is 12.4. The van der Waals surface area contributed by atoms with Gasteiger partial charge in [-0.3, -0.25) is 4.79 Å². The summed E-state index contributed by atoms with van der Waals surface area (Å²) in [6.45, 7) is 5.27. The molecule has 1 amide bonds. The topological polar surface area (TPSA) is 75.6 Å². The van der Waals surface area contributed by atoms with Gasteiger partial charge in [0.2, 0.25) is 0 Å². The van der Waals surface area contributed by atoms with Gasteiger partial charge < -0.3 is 15.2 Å². The van der Waals surface area contributed by atoms with E-state index in [0.29, 0.717) is 11.4 Å². The van der Waals surface area contributed by atoms with Crippen molar-refractivity contribution in [2.45, 2.75) is 45.3 Å². The third-order valence-corrected chi connectivity index (χ3v) is 3.97. The summed E-state index contributed by atoms with van der Waals surface area (Å²) in [6.07, 6.45) is -0.416. The molecule has 27 heavy (non-hydrogen) atoms. The van der Waals surface area contributed by atoms with Gasteiger partial charge in [0, 0.05) is 11.1 Å². The lowest BCUT2D eigenvalue weighted by Gasteiger charge is -2.23. The zero-order valence-corrected chi connectivity index (χ0v) is 16.4. The highest BCUT2D eigenvalue weighted by Gasteiger charge is 2.21. The standard InChI is InChI=1S/C21H24ClNO4/c1-21(2,3)27-20(26)23-18(13-19(24)25)11-14-7-9-15(10-8-14)16-5-4-6-17(22)12-16/h4-10,12,18H,11,13H2,1-3H3,(H,23,26)(H,24,25)/t18-/m1/s1. The number of carboxylic acid groups (broad SMARTS) is 1. The zero-order valence-electron chi connectivity index (χ0n) is 15.7. The largest absolute Gasteiger partial charge is 0.481 e. The van der Waals surface area contributed by atoms with Crippen molar-refractivity contribution < 1.29 is 19.4 Å². The Hall–Kier alpha value is -2.53. The third-order valence-electron chi connectivity index (χ3n) is 3.74. The second kappa shape index (κ2) is 8.91. The fourth-order valence-corrected chi connectivity index (χ4v) is 2.84. The quantitative estimate of drug-likeness (QED) is 0.735. The van der Waals surface area contributed by atoms with Crippen molar-refractivity contribution in [1.29, 1.82) is 0 Å². The molecule has 0 spiro atoms. The first-order valence-electron chi connectivity index (χ1n) is 8.68. The molecule has 0 aliphatic carbocycles. The fourth-order valence-electron chi connectivity index (χ4n) is 2.65. The monoisotopic (exact) mass is 389 g/mol. The molecule has 0 aromatic heterocycles. The Morgan fingerprint density at radius 1 is 1.11 bits per heavy atom. The number of carbonyl (C=O) groups excluding carboxylic acids is 1. The number of ether oxygens (including phenoxy) is 1. The van der Waals surface area contributed by atoms with Gasteiger partial charge in [-0.25, -0.2) is 4.79 Å². The first-order chi connectivity index (χ1) is 12.6. The van der Waals surface area contributed by atoms with Gasteiger partial charge in [0.15, 0.2) is 0 Å². The number of nitrogens with one attached hydrogen (secondary N) is 1. The summed E-state index contributed by atoms with van der Waals surface area (Å²) in [5.74, 6) is -0.980. The molecule has 0 aliphatic heterocycles. The van der Waals surface area contributed by atoms with Crippen molar-refractivity contribution in [2.75, 3.05) is 0 Å². The van der Waals surface area contributed by atoms with Gasteiger partial charge >= 0.3 is 12.1 Å². The number of hydrogen-bond acceptors (Lipinski definition) is 3. The van der Waals surface area contributed by atoms with E-state index in [4.69, 9.17) is 21.4 Å². The van der Waals surface area contributed by atoms with E-state index in [0.717, 1.165) is 16.7 Å². The molecule has 0 fully saturated rings. The number of carboxylic acids is 1. The van der Waals surface area contributed by atoms with Crippen molar-refractivity contribution in [3.63, 3.8) is 0 Å². The highest BCUT2D eigenvalue weighted by atomic mass is 35.5. The van der Waals surface area contributed by atoms with E-state index in [2.05, 4.69) is 5.32 Å². The molecule has 2 N–H and O–H groups in total. The molecular formula is C21H24ClNO4. The minimum Gasteiger partial charge on any atom is -0.481 e. The summed E-state index contributed by atoms with van der Waals surface area (Å²) >= 11 is 6.03. The van der Waals surface area contributed by atoms with Crippen molar-refractivity contribution in [3.05, 3.63) is 59.1 Å². The van der Waals surface area contributed by atoms with Gasteiger partial charge in [0.1, 0.15) is 5.60 Å². The van der Waals surface area contributed by atoms with Gasteiger partial charge in [0.05, 0.1) is 6.42 Å². The molecule has 0 heterocycles. The van der Waals surface area contributed by atoms with E-state index < -0.39 is 23.7 Å². The smallest absolute Gasteiger partial charge is 0.407 e. The summed E-state index contributed by atoms with van der Waals surface area (Å²) in [7, 11) is 0. The molecule has 0 saturated heterocycles. The molecule has 0 unspecified atom stereocenters. The van der Waals surface area contributed by atoms with Crippen LogP contribution in [-0.2, 0) is 16.0 Å². The first kappa shape index (κ1) is 20.8. The lowest BCUT2D eigenvalue weighted by atomic mass is 9.99. The lowest BCUT2D eigenvalue weighted by Crippen LogP contribution is -2.41. The number of rotatable bonds is 6. The second-order valence-corrected chi connectivity index (χ2v) is 7.79. The van der Waals surface area contributed by atoms with Crippen LogP contribution in [0.4, 0.5) is 4.79 Å². The van der Waals surface area contributed by atoms with Crippen LogP contribution in [-0.4, -0.2) is 28.8 Å². The van der Waals surface area contributed by atoms with Crippen molar-refractivity contribution in [3.8, 4) is 11.1 Å². The predicted molar refractivity (Wildman–Crippen MR) is 106 cm³/mol. The molecule has 1 atom stereocenters. The molecule has 2 rings (SSSR count). The van der Waals surface area contributed by atoms with E-state index in [1.54, 1.807) is 20.8 Å². The fraction of sp³-hybridized carbons (Fsp3) is 0.333. The Morgan fingerprint density at radius 2 is 1.78 bits per heavy atom. The highest BCUT2D eigenvalue weighted by molar-refractivity contribution is 6.30. The lowest BCUT2D eigenvalue weighted by molar-refractivity contribution is -0.137. The number of halogens is 1. The predicted octanol–water partition coefficient (Wildman–Crippen LogP) is 4.92. The van der Waals surface area contributed by atoms with Crippen molar-refractivity contribution in [1.82, 2.24) is 5.32 Å². The molecule has 144 valence electrons. The Morgan fingerprint density at radius 3 is 2.33 bits per heavy atom. The molecule has 0 saturated carbocycles. The Balaban J connectivity index is 2.08. The van der Waals surface area contributed by atoms with E-state index in [1.807, 2.05) is 48.5 Å². The number of amides is 1. The third kappa shape index (κ3) is 7.31. The minimum atomic E-state index is -0.980.